The fraction of sp³-hybridized carbons (Fsp3) is 0.250. The molecule has 0 radical (unpaired) electrons. The van der Waals surface area contributed by atoms with Crippen molar-refractivity contribution in [2.75, 3.05) is 13.1 Å². The molecule has 2 heteroatoms. The van der Waals surface area contributed by atoms with Crippen LogP contribution in [0, 0.1) is 0 Å². The summed E-state index contributed by atoms with van der Waals surface area (Å²) in [5.41, 5.74) is 2.74. The van der Waals surface area contributed by atoms with E-state index in [1.807, 2.05) is 0 Å². The Labute approximate surface area is 108 Å². The van der Waals surface area contributed by atoms with Gasteiger partial charge in [0.05, 0.1) is 6.10 Å². The van der Waals surface area contributed by atoms with Crippen LogP contribution in [-0.4, -0.2) is 24.3 Å². The predicted octanol–water partition coefficient (Wildman–Crippen LogP) is 2.23. The lowest BCUT2D eigenvalue weighted by molar-refractivity contribution is 0.117. The number of aliphatic hydroxyl groups excluding tert-OH is 1. The van der Waals surface area contributed by atoms with E-state index in [1.165, 1.54) is 11.1 Å². The Morgan fingerprint density at radius 2 is 1.22 bits per heavy atom. The monoisotopic (exact) mass is 241 g/mol. The molecule has 0 spiro atoms. The van der Waals surface area contributed by atoms with E-state index in [1.54, 1.807) is 0 Å². The maximum atomic E-state index is 8.39. The minimum Gasteiger partial charge on any atom is -0.390 e. The average molecular weight is 241 g/mol. The second-order valence-corrected chi connectivity index (χ2v) is 4.46. The minimum absolute atomic E-state index is 0.0463. The summed E-state index contributed by atoms with van der Waals surface area (Å²) < 4.78 is 0. The van der Waals surface area contributed by atoms with Crippen molar-refractivity contribution < 1.29 is 5.11 Å². The van der Waals surface area contributed by atoms with Crippen molar-refractivity contribution in [1.82, 2.24) is 5.32 Å². The van der Waals surface area contributed by atoms with E-state index in [4.69, 9.17) is 5.11 Å². The summed E-state index contributed by atoms with van der Waals surface area (Å²) in [6.45, 7) is 1.58. The van der Waals surface area contributed by atoms with Crippen LogP contribution in [0.1, 0.15) is 11.1 Å². The Bertz CT molecular complexity index is 400. The normalized spacial score (nSPS) is 14.3. The summed E-state index contributed by atoms with van der Waals surface area (Å²) in [4.78, 5) is 0. The van der Waals surface area contributed by atoms with E-state index >= 15 is 0 Å². The van der Waals surface area contributed by atoms with Crippen LogP contribution in [0.2, 0.25) is 0 Å². The molecule has 1 fully saturated rings. The van der Waals surface area contributed by atoms with Crippen LogP contribution in [0.25, 0.3) is 0 Å². The molecule has 0 unspecified atom stereocenters. The first-order valence-electron chi connectivity index (χ1n) is 6.31. The van der Waals surface area contributed by atoms with Gasteiger partial charge in [-0.2, -0.15) is 0 Å². The second kappa shape index (κ2) is 6.94. The topological polar surface area (TPSA) is 32.3 Å². The third kappa shape index (κ3) is 4.32. The van der Waals surface area contributed by atoms with Gasteiger partial charge in [0.2, 0.25) is 0 Å². The van der Waals surface area contributed by atoms with Gasteiger partial charge in [-0.3, -0.25) is 0 Å². The summed E-state index contributed by atoms with van der Waals surface area (Å²) in [5.74, 6) is 0. The summed E-state index contributed by atoms with van der Waals surface area (Å²) in [7, 11) is 0. The third-order valence-electron chi connectivity index (χ3n) is 2.85. The van der Waals surface area contributed by atoms with E-state index in [-0.39, 0.29) is 6.10 Å². The molecule has 0 aromatic heterocycles. The summed E-state index contributed by atoms with van der Waals surface area (Å²) in [6, 6.07) is 21.1. The van der Waals surface area contributed by atoms with E-state index in [0.717, 1.165) is 19.5 Å². The van der Waals surface area contributed by atoms with E-state index in [0.29, 0.717) is 0 Å². The molecule has 0 aliphatic carbocycles. The second-order valence-electron chi connectivity index (χ2n) is 4.46. The summed E-state index contributed by atoms with van der Waals surface area (Å²) >= 11 is 0. The molecule has 2 aromatic carbocycles. The molecule has 1 saturated heterocycles. The highest BCUT2D eigenvalue weighted by molar-refractivity contribution is 5.25. The van der Waals surface area contributed by atoms with Crippen LogP contribution in [0.5, 0.6) is 0 Å². The van der Waals surface area contributed by atoms with Crippen molar-refractivity contribution in [3.63, 3.8) is 0 Å². The van der Waals surface area contributed by atoms with Crippen LogP contribution >= 0.6 is 0 Å². The lowest BCUT2D eigenvalue weighted by atomic mass is 10.1. The smallest absolute Gasteiger partial charge is 0.0788 e. The summed E-state index contributed by atoms with van der Waals surface area (Å²) in [5, 5.41) is 11.3. The molecule has 0 saturated carbocycles. The number of benzene rings is 2. The lowest BCUT2D eigenvalue weighted by Crippen LogP contribution is -2.46. The first-order chi connectivity index (χ1) is 8.84. The van der Waals surface area contributed by atoms with E-state index in [2.05, 4.69) is 66.0 Å². The van der Waals surface area contributed by atoms with Crippen molar-refractivity contribution in [2.45, 2.75) is 12.5 Å². The molecular formula is C16H19NO. The zero-order chi connectivity index (χ0) is 12.6. The van der Waals surface area contributed by atoms with Crippen LogP contribution in [0.15, 0.2) is 60.7 Å². The number of nitrogens with one attached hydrogen (secondary N) is 1. The van der Waals surface area contributed by atoms with Crippen molar-refractivity contribution in [3.05, 3.63) is 71.8 Å². The van der Waals surface area contributed by atoms with Gasteiger partial charge in [-0.05, 0) is 17.5 Å². The molecule has 2 aromatic rings. The Kier molecular flexibility index (Phi) is 4.94. The first-order valence-corrected chi connectivity index (χ1v) is 6.31. The van der Waals surface area contributed by atoms with Gasteiger partial charge in [-0.1, -0.05) is 60.7 Å². The maximum Gasteiger partial charge on any atom is 0.0788 e. The van der Waals surface area contributed by atoms with Gasteiger partial charge in [0.1, 0.15) is 0 Å². The Hall–Kier alpha value is -1.64. The van der Waals surface area contributed by atoms with Crippen molar-refractivity contribution in [1.29, 1.82) is 0 Å². The molecule has 0 atom stereocenters. The Balaban J connectivity index is 0.000000202. The van der Waals surface area contributed by atoms with E-state index < -0.39 is 0 Å². The Morgan fingerprint density at radius 3 is 1.50 bits per heavy atom. The van der Waals surface area contributed by atoms with E-state index in [9.17, 15) is 0 Å². The molecule has 1 aliphatic rings. The van der Waals surface area contributed by atoms with Gasteiger partial charge in [-0.15, -0.1) is 0 Å². The fourth-order valence-electron chi connectivity index (χ4n) is 1.70. The highest BCUT2D eigenvalue weighted by Gasteiger charge is 2.10. The summed E-state index contributed by atoms with van der Waals surface area (Å²) in [6.07, 6.45) is 0.983. The number of β-amino-alcohol motifs (C(OH)–C–C–N with tert-alkyl or cyclic N) is 1. The molecule has 2 N–H and O–H groups in total. The zero-order valence-electron chi connectivity index (χ0n) is 10.4. The number of aliphatic hydroxyl groups is 1. The largest absolute Gasteiger partial charge is 0.390 e. The molecule has 1 aliphatic heterocycles. The Morgan fingerprint density at radius 1 is 0.833 bits per heavy atom. The fourth-order valence-corrected chi connectivity index (χ4v) is 1.70. The standard InChI is InChI=1S/C13H12.C3H7NO/c1-3-7-12(8-4-1)11-13-9-5-2-6-10-13;5-3-1-4-2-3/h1-10H,11H2;3-5H,1-2H2. The van der Waals surface area contributed by atoms with Gasteiger partial charge in [-0.25, -0.2) is 0 Å². The quantitative estimate of drug-likeness (QED) is 0.845. The number of hydrogen-bond acceptors (Lipinski definition) is 2. The molecule has 3 rings (SSSR count). The minimum atomic E-state index is -0.0463. The third-order valence-corrected chi connectivity index (χ3v) is 2.85. The van der Waals surface area contributed by atoms with Gasteiger partial charge >= 0.3 is 0 Å². The molecule has 0 amide bonds. The van der Waals surface area contributed by atoms with Crippen LogP contribution in [0.4, 0.5) is 0 Å². The number of rotatable bonds is 2. The molecule has 1 heterocycles. The average Bonchev–Trinajstić information content (AvgIpc) is 2.40. The molecular weight excluding hydrogens is 222 g/mol. The highest BCUT2D eigenvalue weighted by Crippen LogP contribution is 2.07. The van der Waals surface area contributed by atoms with Crippen LogP contribution < -0.4 is 5.32 Å². The molecule has 2 nitrogen and oxygen atoms in total. The van der Waals surface area contributed by atoms with Gasteiger partial charge in [0, 0.05) is 13.1 Å². The van der Waals surface area contributed by atoms with Gasteiger partial charge in [0.15, 0.2) is 0 Å². The zero-order valence-corrected chi connectivity index (χ0v) is 10.4. The molecule has 18 heavy (non-hydrogen) atoms. The highest BCUT2D eigenvalue weighted by atomic mass is 16.3. The SMILES string of the molecule is OC1CNC1.c1ccc(Cc2ccccc2)cc1. The number of hydrogen-bond donors (Lipinski definition) is 2. The van der Waals surface area contributed by atoms with Crippen molar-refractivity contribution in [2.24, 2.45) is 0 Å². The van der Waals surface area contributed by atoms with Crippen molar-refractivity contribution >= 4 is 0 Å². The van der Waals surface area contributed by atoms with Crippen molar-refractivity contribution in [3.8, 4) is 0 Å². The van der Waals surface area contributed by atoms with Gasteiger partial charge < -0.3 is 10.4 Å². The molecule has 94 valence electrons. The first kappa shape index (κ1) is 12.8. The predicted molar refractivity (Wildman–Crippen MR) is 74.6 cm³/mol. The maximum absolute atomic E-state index is 8.39. The van der Waals surface area contributed by atoms with Gasteiger partial charge in [0.25, 0.3) is 0 Å². The van der Waals surface area contributed by atoms with Crippen LogP contribution in [0.3, 0.4) is 0 Å². The molecule has 0 bridgehead atoms. The van der Waals surface area contributed by atoms with Crippen LogP contribution in [-0.2, 0) is 6.42 Å². The lowest BCUT2D eigenvalue weighted by Gasteiger charge is -2.20.